The molecule has 0 aliphatic heterocycles. The minimum atomic E-state index is 0.706. The topological polar surface area (TPSA) is 20.3 Å². The molecule has 1 rings (SSSR count). The zero-order chi connectivity index (χ0) is 13.5. The molecule has 100 valence electrons. The number of carbonyl (C=O) groups is 1. The first-order valence-corrected chi connectivity index (χ1v) is 7.45. The van der Waals surface area contributed by atoms with Gasteiger partial charge in [-0.05, 0) is 47.0 Å². The van der Waals surface area contributed by atoms with Crippen molar-refractivity contribution < 1.29 is 4.79 Å². The third kappa shape index (κ3) is 3.84. The first-order chi connectivity index (χ1) is 8.65. The zero-order valence-electron chi connectivity index (χ0n) is 11.4. The molecule has 0 aliphatic rings. The normalized spacial score (nSPS) is 10.7. The Labute approximate surface area is 119 Å². The van der Waals surface area contributed by atoms with E-state index in [-0.39, 0.29) is 0 Å². The molecule has 0 aromatic heterocycles. The van der Waals surface area contributed by atoms with E-state index >= 15 is 0 Å². The molecule has 0 N–H and O–H groups in total. The van der Waals surface area contributed by atoms with E-state index in [0.717, 1.165) is 29.8 Å². The summed E-state index contributed by atoms with van der Waals surface area (Å²) in [6.45, 7) is 8.73. The summed E-state index contributed by atoms with van der Waals surface area (Å²) in [4.78, 5) is 13.2. The molecule has 1 aromatic rings. The fraction of sp³-hybridized carbons (Fsp3) is 0.533. The van der Waals surface area contributed by atoms with Crippen molar-refractivity contribution in [2.24, 2.45) is 5.92 Å². The number of aldehydes is 1. The minimum Gasteiger partial charge on any atom is -0.372 e. The first-order valence-electron chi connectivity index (χ1n) is 6.65. The summed E-state index contributed by atoms with van der Waals surface area (Å²) < 4.78 is 0.873. The van der Waals surface area contributed by atoms with Crippen molar-refractivity contribution in [1.82, 2.24) is 0 Å². The lowest BCUT2D eigenvalue weighted by atomic mass is 10.0. The molecule has 1 aromatic carbocycles. The molecule has 0 amide bonds. The molecule has 0 unspecified atom stereocenters. The van der Waals surface area contributed by atoms with Crippen LogP contribution in [0.15, 0.2) is 22.7 Å². The number of anilines is 1. The predicted octanol–water partition coefficient (Wildman–Crippen LogP) is 4.52. The van der Waals surface area contributed by atoms with E-state index < -0.39 is 0 Å². The molecule has 18 heavy (non-hydrogen) atoms. The van der Waals surface area contributed by atoms with Crippen molar-refractivity contribution in [2.75, 3.05) is 18.0 Å². The minimum absolute atomic E-state index is 0.706. The van der Waals surface area contributed by atoms with Crippen LogP contribution in [0.4, 0.5) is 5.69 Å². The van der Waals surface area contributed by atoms with Gasteiger partial charge >= 0.3 is 0 Å². The quantitative estimate of drug-likeness (QED) is 0.690. The van der Waals surface area contributed by atoms with E-state index in [2.05, 4.69) is 41.6 Å². The van der Waals surface area contributed by atoms with Crippen LogP contribution in [0.3, 0.4) is 0 Å². The maximum absolute atomic E-state index is 10.8. The molecule has 0 bridgehead atoms. The number of hydrogen-bond donors (Lipinski definition) is 0. The average molecular weight is 312 g/mol. The highest BCUT2D eigenvalue weighted by Gasteiger charge is 2.11. The van der Waals surface area contributed by atoms with Crippen LogP contribution in [0.1, 0.15) is 44.0 Å². The van der Waals surface area contributed by atoms with Crippen LogP contribution in [0.2, 0.25) is 0 Å². The standard InChI is InChI=1S/C15H22BrNO/c1-4-12(5-2)10-17(6-3)14-8-7-13(11-18)15(16)9-14/h7-9,11-12H,4-6,10H2,1-3H3. The van der Waals surface area contributed by atoms with Gasteiger partial charge in [0.05, 0.1) is 0 Å². The summed E-state index contributed by atoms with van der Waals surface area (Å²) in [5.41, 5.74) is 1.89. The Morgan fingerprint density at radius 2 is 1.94 bits per heavy atom. The van der Waals surface area contributed by atoms with Gasteiger partial charge < -0.3 is 4.90 Å². The number of nitrogens with zero attached hydrogens (tertiary/aromatic N) is 1. The Hall–Kier alpha value is -0.830. The third-order valence-electron chi connectivity index (χ3n) is 3.49. The van der Waals surface area contributed by atoms with Gasteiger partial charge in [-0.15, -0.1) is 0 Å². The first kappa shape index (κ1) is 15.2. The Bertz CT molecular complexity index is 388. The van der Waals surface area contributed by atoms with Crippen LogP contribution in [0, 0.1) is 5.92 Å². The number of carbonyl (C=O) groups excluding carboxylic acids is 1. The summed E-state index contributed by atoms with van der Waals surface area (Å²) >= 11 is 3.45. The van der Waals surface area contributed by atoms with E-state index in [9.17, 15) is 4.79 Å². The largest absolute Gasteiger partial charge is 0.372 e. The molecular weight excluding hydrogens is 290 g/mol. The highest BCUT2D eigenvalue weighted by molar-refractivity contribution is 9.10. The molecule has 0 aliphatic carbocycles. The van der Waals surface area contributed by atoms with E-state index in [1.54, 1.807) is 0 Å². The van der Waals surface area contributed by atoms with Crippen LogP contribution < -0.4 is 4.90 Å². The average Bonchev–Trinajstić information content (AvgIpc) is 2.40. The van der Waals surface area contributed by atoms with Crippen molar-refractivity contribution in [3.05, 3.63) is 28.2 Å². The van der Waals surface area contributed by atoms with Crippen molar-refractivity contribution in [2.45, 2.75) is 33.6 Å². The molecule has 0 spiro atoms. The van der Waals surface area contributed by atoms with Crippen molar-refractivity contribution in [3.8, 4) is 0 Å². The van der Waals surface area contributed by atoms with E-state index in [0.29, 0.717) is 5.56 Å². The second-order valence-corrected chi connectivity index (χ2v) is 5.40. The van der Waals surface area contributed by atoms with E-state index in [1.807, 2.05) is 18.2 Å². The number of benzene rings is 1. The zero-order valence-corrected chi connectivity index (χ0v) is 13.0. The Balaban J connectivity index is 2.88. The molecule has 2 nitrogen and oxygen atoms in total. The lowest BCUT2D eigenvalue weighted by Gasteiger charge is -2.27. The second kappa shape index (κ2) is 7.57. The molecule has 0 fully saturated rings. The summed E-state index contributed by atoms with van der Waals surface area (Å²) in [5.74, 6) is 0.731. The van der Waals surface area contributed by atoms with Crippen LogP contribution in [-0.2, 0) is 0 Å². The maximum atomic E-state index is 10.8. The van der Waals surface area contributed by atoms with Crippen molar-refractivity contribution in [3.63, 3.8) is 0 Å². The van der Waals surface area contributed by atoms with Gasteiger partial charge in [-0.25, -0.2) is 0 Å². The lowest BCUT2D eigenvalue weighted by Crippen LogP contribution is -2.28. The van der Waals surface area contributed by atoms with Crippen LogP contribution in [-0.4, -0.2) is 19.4 Å². The lowest BCUT2D eigenvalue weighted by molar-refractivity contribution is 0.112. The predicted molar refractivity (Wildman–Crippen MR) is 81.5 cm³/mol. The molecular formula is C15H22BrNO. The van der Waals surface area contributed by atoms with Crippen LogP contribution >= 0.6 is 15.9 Å². The number of hydrogen-bond acceptors (Lipinski definition) is 2. The number of rotatable bonds is 7. The fourth-order valence-electron chi connectivity index (χ4n) is 2.08. The highest BCUT2D eigenvalue weighted by atomic mass is 79.9. The van der Waals surface area contributed by atoms with Crippen LogP contribution in [0.5, 0.6) is 0 Å². The van der Waals surface area contributed by atoms with E-state index in [1.165, 1.54) is 18.5 Å². The number of halogens is 1. The fourth-order valence-corrected chi connectivity index (χ4v) is 2.54. The van der Waals surface area contributed by atoms with Gasteiger partial charge in [0.1, 0.15) is 0 Å². The Morgan fingerprint density at radius 1 is 1.28 bits per heavy atom. The Morgan fingerprint density at radius 3 is 2.39 bits per heavy atom. The highest BCUT2D eigenvalue weighted by Crippen LogP contribution is 2.24. The van der Waals surface area contributed by atoms with Crippen molar-refractivity contribution in [1.29, 1.82) is 0 Å². The SMILES string of the molecule is CCC(CC)CN(CC)c1ccc(C=O)c(Br)c1. The van der Waals surface area contributed by atoms with Gasteiger partial charge in [0.2, 0.25) is 0 Å². The van der Waals surface area contributed by atoms with Gasteiger partial charge in [-0.2, -0.15) is 0 Å². The summed E-state index contributed by atoms with van der Waals surface area (Å²) in [5, 5.41) is 0. The summed E-state index contributed by atoms with van der Waals surface area (Å²) in [6.07, 6.45) is 3.30. The van der Waals surface area contributed by atoms with Crippen molar-refractivity contribution >= 4 is 27.9 Å². The van der Waals surface area contributed by atoms with Gasteiger partial charge in [0, 0.05) is 28.8 Å². The molecule has 3 heteroatoms. The van der Waals surface area contributed by atoms with Crippen LogP contribution in [0.25, 0.3) is 0 Å². The third-order valence-corrected chi connectivity index (χ3v) is 4.18. The smallest absolute Gasteiger partial charge is 0.151 e. The maximum Gasteiger partial charge on any atom is 0.151 e. The summed E-state index contributed by atoms with van der Waals surface area (Å²) in [7, 11) is 0. The van der Waals surface area contributed by atoms with Gasteiger partial charge in [0.25, 0.3) is 0 Å². The second-order valence-electron chi connectivity index (χ2n) is 4.54. The molecule has 0 radical (unpaired) electrons. The summed E-state index contributed by atoms with van der Waals surface area (Å²) in [6, 6.07) is 5.94. The van der Waals surface area contributed by atoms with Gasteiger partial charge in [0.15, 0.2) is 6.29 Å². The van der Waals surface area contributed by atoms with Gasteiger partial charge in [-0.3, -0.25) is 4.79 Å². The monoisotopic (exact) mass is 311 g/mol. The molecule has 0 atom stereocenters. The molecule has 0 heterocycles. The molecule has 0 saturated carbocycles. The van der Waals surface area contributed by atoms with Gasteiger partial charge in [-0.1, -0.05) is 26.7 Å². The molecule has 0 saturated heterocycles. The van der Waals surface area contributed by atoms with E-state index in [4.69, 9.17) is 0 Å². The Kier molecular flexibility index (Phi) is 6.41.